The predicted octanol–water partition coefficient (Wildman–Crippen LogP) is 2.59. The minimum absolute atomic E-state index is 1.13. The average molecular weight is 326 g/mol. The molecule has 0 radical (unpaired) electrons. The van der Waals surface area contributed by atoms with E-state index < -0.39 is 0 Å². The molecule has 0 saturated heterocycles. The summed E-state index contributed by atoms with van der Waals surface area (Å²) >= 11 is 0. The zero-order chi connectivity index (χ0) is 17.1. The van der Waals surface area contributed by atoms with Crippen molar-refractivity contribution in [3.8, 4) is 0 Å². The molecule has 122 valence electrons. The molecule has 3 nitrogen and oxygen atoms in total. The number of nitrogens with zero attached hydrogens (tertiary/aromatic N) is 2. The molecular weight excluding hydrogens is 306 g/mol. The maximum atomic E-state index is 3.26. The molecule has 25 heavy (non-hydrogen) atoms. The molecule has 2 aromatic heterocycles. The lowest BCUT2D eigenvalue weighted by atomic mass is 9.99. The first-order valence-corrected chi connectivity index (χ1v) is 8.60. The topological polar surface area (TPSA) is 23.8 Å². The maximum absolute atomic E-state index is 3.26. The first-order chi connectivity index (χ1) is 12.2. The summed E-state index contributed by atoms with van der Waals surface area (Å²) in [5.41, 5.74) is 5.05. The van der Waals surface area contributed by atoms with E-state index in [1.54, 1.807) is 0 Å². The molecule has 3 heteroatoms. The van der Waals surface area contributed by atoms with E-state index in [0.717, 1.165) is 5.36 Å². The fourth-order valence-electron chi connectivity index (χ4n) is 4.19. The average Bonchev–Trinajstić information content (AvgIpc) is 2.67. The van der Waals surface area contributed by atoms with Crippen LogP contribution in [0.4, 0.5) is 0 Å². The fourth-order valence-corrected chi connectivity index (χ4v) is 4.19. The van der Waals surface area contributed by atoms with Gasteiger partial charge < -0.3 is 9.13 Å². The number of nitrogens with one attached hydrogen (secondary N) is 1. The van der Waals surface area contributed by atoms with E-state index in [1.165, 1.54) is 43.6 Å². The Balaban J connectivity index is 2.24. The standard InChI is InChI=1S/C22H19N3/c1-23-14-11-12-15-16-8-6-10-19-21(16)22(25(3)20(15)13-14)17-7-4-5-9-18(17)24(19)2/h4-13H,1-3H3/p+1. The van der Waals surface area contributed by atoms with Crippen LogP contribution in [0.2, 0.25) is 0 Å². The largest absolute Gasteiger partial charge is 0.344 e. The maximum Gasteiger partial charge on any atom is 0.200 e. The fraction of sp³-hybridized carbons (Fsp3) is 0.136. The monoisotopic (exact) mass is 326 g/mol. The first kappa shape index (κ1) is 14.3. The number of para-hydroxylation sites is 1. The first-order valence-electron chi connectivity index (χ1n) is 8.60. The molecule has 0 spiro atoms. The molecule has 0 unspecified atom stereocenters. The second kappa shape index (κ2) is 4.96. The third kappa shape index (κ3) is 1.78. The Morgan fingerprint density at radius 3 is 2.28 bits per heavy atom. The Hall–Kier alpha value is -3.07. The molecule has 0 bridgehead atoms. The van der Waals surface area contributed by atoms with E-state index in [2.05, 4.69) is 88.9 Å². The van der Waals surface area contributed by atoms with Crippen LogP contribution in [0, 0.1) is 0 Å². The summed E-state index contributed by atoms with van der Waals surface area (Å²) in [4.78, 5) is 3.26. The van der Waals surface area contributed by atoms with Crippen LogP contribution in [0.3, 0.4) is 0 Å². The third-order valence-electron chi connectivity index (χ3n) is 5.43. The molecule has 0 fully saturated rings. The van der Waals surface area contributed by atoms with Crippen molar-refractivity contribution in [2.75, 3.05) is 7.05 Å². The highest BCUT2D eigenvalue weighted by molar-refractivity contribution is 6.24. The highest BCUT2D eigenvalue weighted by Crippen LogP contribution is 2.36. The highest BCUT2D eigenvalue weighted by atomic mass is 15.0. The van der Waals surface area contributed by atoms with E-state index in [9.17, 15) is 0 Å². The van der Waals surface area contributed by atoms with Crippen molar-refractivity contribution in [1.29, 1.82) is 0 Å². The normalized spacial score (nSPS) is 12.8. The number of hydrogen-bond donors (Lipinski definition) is 1. The minimum Gasteiger partial charge on any atom is -0.344 e. The summed E-state index contributed by atoms with van der Waals surface area (Å²) in [6.07, 6.45) is 0. The molecular formula is C22H20N3+. The third-order valence-corrected chi connectivity index (χ3v) is 5.43. The van der Waals surface area contributed by atoms with Crippen LogP contribution in [-0.4, -0.2) is 16.2 Å². The van der Waals surface area contributed by atoms with E-state index in [0.29, 0.717) is 0 Å². The van der Waals surface area contributed by atoms with Gasteiger partial charge in [0, 0.05) is 42.4 Å². The van der Waals surface area contributed by atoms with Crippen molar-refractivity contribution >= 4 is 43.6 Å². The molecule has 1 N–H and O–H groups in total. The van der Waals surface area contributed by atoms with Crippen molar-refractivity contribution in [2.45, 2.75) is 0 Å². The smallest absolute Gasteiger partial charge is 0.200 e. The number of aryl methyl sites for hydroxylation is 2. The van der Waals surface area contributed by atoms with Gasteiger partial charge in [0.05, 0.1) is 22.1 Å². The van der Waals surface area contributed by atoms with Crippen LogP contribution in [0.5, 0.6) is 0 Å². The number of aromatic nitrogens is 2. The Morgan fingerprint density at radius 1 is 0.680 bits per heavy atom. The van der Waals surface area contributed by atoms with Gasteiger partial charge in [-0.05, 0) is 23.6 Å². The molecule has 0 aliphatic carbocycles. The number of hydrogen-bond acceptors (Lipinski definition) is 0. The van der Waals surface area contributed by atoms with Gasteiger partial charge in [0.1, 0.15) is 7.05 Å². The lowest BCUT2D eigenvalue weighted by Gasteiger charge is -2.20. The van der Waals surface area contributed by atoms with Crippen LogP contribution >= 0.6 is 0 Å². The Kier molecular flexibility index (Phi) is 2.84. The second-order valence-corrected chi connectivity index (χ2v) is 6.67. The second-order valence-electron chi connectivity index (χ2n) is 6.67. The summed E-state index contributed by atoms with van der Waals surface area (Å²) in [5, 5.41) is 6.34. The summed E-state index contributed by atoms with van der Waals surface area (Å²) in [6.45, 7) is 0. The van der Waals surface area contributed by atoms with E-state index in [-0.39, 0.29) is 0 Å². The minimum atomic E-state index is 1.13. The molecule has 0 aliphatic rings. The molecule has 2 heterocycles. The zero-order valence-corrected chi connectivity index (χ0v) is 14.7. The summed E-state index contributed by atoms with van der Waals surface area (Å²) in [5.74, 6) is 0. The quantitative estimate of drug-likeness (QED) is 0.334. The highest BCUT2D eigenvalue weighted by Gasteiger charge is 2.15. The summed E-state index contributed by atoms with van der Waals surface area (Å²) in [7, 11) is 6.30. The molecule has 0 saturated carbocycles. The number of pyridine rings is 2. The van der Waals surface area contributed by atoms with E-state index >= 15 is 0 Å². The molecule has 5 rings (SSSR count). The van der Waals surface area contributed by atoms with Crippen LogP contribution in [0.25, 0.3) is 43.6 Å². The Bertz CT molecular complexity index is 1370. The van der Waals surface area contributed by atoms with Gasteiger partial charge in [0.25, 0.3) is 0 Å². The number of fused-ring (bicyclic) bond motifs is 4. The van der Waals surface area contributed by atoms with Crippen LogP contribution < -0.4 is 10.3 Å². The van der Waals surface area contributed by atoms with Gasteiger partial charge in [-0.2, -0.15) is 0 Å². The van der Waals surface area contributed by atoms with Crippen LogP contribution in [-0.2, 0) is 14.1 Å². The van der Waals surface area contributed by atoms with Crippen molar-refractivity contribution in [1.82, 2.24) is 9.13 Å². The van der Waals surface area contributed by atoms with Gasteiger partial charge in [0.15, 0.2) is 5.36 Å². The Labute approximate surface area is 145 Å². The van der Waals surface area contributed by atoms with Gasteiger partial charge in [0.2, 0.25) is 0 Å². The molecule has 0 atom stereocenters. The van der Waals surface area contributed by atoms with Crippen molar-refractivity contribution in [2.24, 2.45) is 14.1 Å². The SMILES string of the molecule is C[NH+]=c1ccc2c3cccc4c3c(c3ccccc3n4C)n(C)c2c1. The lowest BCUT2D eigenvalue weighted by molar-refractivity contribution is -0.465. The van der Waals surface area contributed by atoms with Crippen molar-refractivity contribution in [3.63, 3.8) is 0 Å². The zero-order valence-electron chi connectivity index (χ0n) is 14.7. The summed E-state index contributed by atoms with van der Waals surface area (Å²) in [6, 6.07) is 21.9. The van der Waals surface area contributed by atoms with Gasteiger partial charge in [-0.1, -0.05) is 30.3 Å². The van der Waals surface area contributed by atoms with Gasteiger partial charge >= 0.3 is 0 Å². The van der Waals surface area contributed by atoms with E-state index in [4.69, 9.17) is 0 Å². The molecule has 0 amide bonds. The Morgan fingerprint density at radius 2 is 1.44 bits per heavy atom. The number of benzene rings is 3. The predicted molar refractivity (Wildman–Crippen MR) is 104 cm³/mol. The van der Waals surface area contributed by atoms with Crippen LogP contribution in [0.1, 0.15) is 0 Å². The van der Waals surface area contributed by atoms with Gasteiger partial charge in [-0.15, -0.1) is 0 Å². The van der Waals surface area contributed by atoms with Crippen molar-refractivity contribution in [3.05, 3.63) is 66.0 Å². The van der Waals surface area contributed by atoms with Gasteiger partial charge in [-0.25, -0.2) is 4.99 Å². The molecule has 3 aromatic carbocycles. The van der Waals surface area contributed by atoms with Crippen molar-refractivity contribution < 1.29 is 4.99 Å². The molecule has 0 aliphatic heterocycles. The van der Waals surface area contributed by atoms with E-state index in [1.807, 2.05) is 7.05 Å². The van der Waals surface area contributed by atoms with Crippen LogP contribution in [0.15, 0.2) is 60.7 Å². The lowest BCUT2D eigenvalue weighted by Crippen LogP contribution is -2.71. The van der Waals surface area contributed by atoms with Gasteiger partial charge in [-0.3, -0.25) is 0 Å². The summed E-state index contributed by atoms with van der Waals surface area (Å²) < 4.78 is 4.65. The number of rotatable bonds is 0. The molecule has 5 aromatic rings.